The van der Waals surface area contributed by atoms with Gasteiger partial charge < -0.3 is 5.32 Å². The molecule has 21 heavy (non-hydrogen) atoms. The summed E-state index contributed by atoms with van der Waals surface area (Å²) in [4.78, 5) is 0. The van der Waals surface area contributed by atoms with Crippen LogP contribution in [0.5, 0.6) is 0 Å². The molecule has 0 bridgehead atoms. The van der Waals surface area contributed by atoms with Gasteiger partial charge in [0.1, 0.15) is 0 Å². The Morgan fingerprint density at radius 3 is 1.76 bits per heavy atom. The first kappa shape index (κ1) is 16.5. The SMILES string of the molecule is CCNC(c1c(C)c(C)c(C)c(C)c1C)C1CCCCC1. The van der Waals surface area contributed by atoms with Gasteiger partial charge in [0, 0.05) is 6.04 Å². The third-order valence-electron chi connectivity index (χ3n) is 5.91. The molecule has 1 unspecified atom stereocenters. The van der Waals surface area contributed by atoms with Crippen molar-refractivity contribution < 1.29 is 0 Å². The maximum Gasteiger partial charge on any atom is 0.0354 e. The zero-order chi connectivity index (χ0) is 15.6. The van der Waals surface area contributed by atoms with E-state index in [1.807, 2.05) is 0 Å². The van der Waals surface area contributed by atoms with Gasteiger partial charge in [0.15, 0.2) is 0 Å². The number of hydrogen-bond donors (Lipinski definition) is 1. The third-order valence-corrected chi connectivity index (χ3v) is 5.91. The van der Waals surface area contributed by atoms with Gasteiger partial charge in [-0.05, 0) is 93.3 Å². The molecule has 0 aromatic heterocycles. The normalized spacial score (nSPS) is 18.0. The molecule has 1 nitrogen and oxygen atoms in total. The molecule has 0 spiro atoms. The molecular weight excluding hydrogens is 254 g/mol. The molecule has 118 valence electrons. The lowest BCUT2D eigenvalue weighted by atomic mass is 9.76. The average Bonchev–Trinajstić information content (AvgIpc) is 2.51. The maximum atomic E-state index is 3.82. The van der Waals surface area contributed by atoms with E-state index in [0.717, 1.165) is 12.5 Å². The van der Waals surface area contributed by atoms with E-state index in [9.17, 15) is 0 Å². The molecule has 1 aliphatic carbocycles. The van der Waals surface area contributed by atoms with Gasteiger partial charge in [-0.25, -0.2) is 0 Å². The highest BCUT2D eigenvalue weighted by molar-refractivity contribution is 5.51. The smallest absolute Gasteiger partial charge is 0.0354 e. The minimum atomic E-state index is 0.549. The van der Waals surface area contributed by atoms with Crippen LogP contribution in [-0.4, -0.2) is 6.54 Å². The van der Waals surface area contributed by atoms with Crippen molar-refractivity contribution in [1.82, 2.24) is 5.32 Å². The fourth-order valence-corrected chi connectivity index (χ4v) is 4.19. The summed E-state index contributed by atoms with van der Waals surface area (Å²) in [7, 11) is 0. The summed E-state index contributed by atoms with van der Waals surface area (Å²) in [5.41, 5.74) is 9.11. The summed E-state index contributed by atoms with van der Waals surface area (Å²) in [6.45, 7) is 14.8. The van der Waals surface area contributed by atoms with Crippen molar-refractivity contribution in [2.75, 3.05) is 6.54 Å². The molecule has 2 rings (SSSR count). The number of benzene rings is 1. The van der Waals surface area contributed by atoms with Crippen LogP contribution < -0.4 is 5.32 Å². The Balaban J connectivity index is 2.49. The van der Waals surface area contributed by atoms with Gasteiger partial charge >= 0.3 is 0 Å². The number of rotatable bonds is 4. The first-order valence-corrected chi connectivity index (χ1v) is 8.79. The van der Waals surface area contributed by atoms with Crippen molar-refractivity contribution in [3.05, 3.63) is 33.4 Å². The zero-order valence-electron chi connectivity index (χ0n) is 14.9. The van der Waals surface area contributed by atoms with Crippen LogP contribution in [0, 0.1) is 40.5 Å². The van der Waals surface area contributed by atoms with Gasteiger partial charge in [0.25, 0.3) is 0 Å². The van der Waals surface area contributed by atoms with Crippen molar-refractivity contribution in [1.29, 1.82) is 0 Å². The summed E-state index contributed by atoms with van der Waals surface area (Å²) >= 11 is 0. The summed E-state index contributed by atoms with van der Waals surface area (Å²) in [5.74, 6) is 0.817. The van der Waals surface area contributed by atoms with Crippen LogP contribution in [0.2, 0.25) is 0 Å². The van der Waals surface area contributed by atoms with Crippen LogP contribution in [0.3, 0.4) is 0 Å². The van der Waals surface area contributed by atoms with Gasteiger partial charge in [-0.15, -0.1) is 0 Å². The summed E-state index contributed by atoms with van der Waals surface area (Å²) in [6.07, 6.45) is 7.03. The summed E-state index contributed by atoms with van der Waals surface area (Å²) in [5, 5.41) is 3.82. The Morgan fingerprint density at radius 1 is 0.810 bits per heavy atom. The van der Waals surface area contributed by atoms with E-state index >= 15 is 0 Å². The monoisotopic (exact) mass is 287 g/mol. The standard InChI is InChI=1S/C20H33N/c1-7-21-20(18-11-9-8-10-12-18)19-16(5)14(3)13(2)15(4)17(19)6/h18,20-21H,7-12H2,1-6H3. The minimum absolute atomic E-state index is 0.549. The van der Waals surface area contributed by atoms with Crippen LogP contribution in [-0.2, 0) is 0 Å². The average molecular weight is 287 g/mol. The van der Waals surface area contributed by atoms with Gasteiger partial charge in [-0.1, -0.05) is 26.2 Å². The number of nitrogens with one attached hydrogen (secondary N) is 1. The van der Waals surface area contributed by atoms with Crippen LogP contribution in [0.4, 0.5) is 0 Å². The van der Waals surface area contributed by atoms with Crippen molar-refractivity contribution in [3.63, 3.8) is 0 Å². The van der Waals surface area contributed by atoms with Crippen molar-refractivity contribution >= 4 is 0 Å². The van der Waals surface area contributed by atoms with E-state index in [2.05, 4.69) is 46.9 Å². The predicted octanol–water partition coefficient (Wildman–Crippen LogP) is 5.46. The van der Waals surface area contributed by atoms with E-state index in [-0.39, 0.29) is 0 Å². The van der Waals surface area contributed by atoms with E-state index in [1.165, 1.54) is 59.9 Å². The van der Waals surface area contributed by atoms with Crippen molar-refractivity contribution in [3.8, 4) is 0 Å². The molecule has 1 aliphatic rings. The molecule has 0 aliphatic heterocycles. The molecule has 1 aromatic carbocycles. The maximum absolute atomic E-state index is 3.82. The summed E-state index contributed by atoms with van der Waals surface area (Å²) < 4.78 is 0. The molecular formula is C20H33N. The third kappa shape index (κ3) is 3.18. The molecule has 0 saturated heterocycles. The molecule has 1 atom stereocenters. The van der Waals surface area contributed by atoms with E-state index in [4.69, 9.17) is 0 Å². The molecule has 1 heteroatoms. The Bertz CT molecular complexity index is 466. The molecule has 1 N–H and O–H groups in total. The second kappa shape index (κ2) is 6.96. The lowest BCUT2D eigenvalue weighted by Crippen LogP contribution is -2.31. The fourth-order valence-electron chi connectivity index (χ4n) is 4.19. The van der Waals surface area contributed by atoms with E-state index in [0.29, 0.717) is 6.04 Å². The van der Waals surface area contributed by atoms with Gasteiger partial charge in [-0.3, -0.25) is 0 Å². The quantitative estimate of drug-likeness (QED) is 0.775. The lowest BCUT2D eigenvalue weighted by Gasteiger charge is -2.34. The van der Waals surface area contributed by atoms with Gasteiger partial charge in [-0.2, -0.15) is 0 Å². The Morgan fingerprint density at radius 2 is 1.29 bits per heavy atom. The summed E-state index contributed by atoms with van der Waals surface area (Å²) in [6, 6.07) is 0.549. The Kier molecular flexibility index (Phi) is 5.48. The van der Waals surface area contributed by atoms with E-state index < -0.39 is 0 Å². The first-order chi connectivity index (χ1) is 9.99. The molecule has 0 heterocycles. The molecule has 0 amide bonds. The van der Waals surface area contributed by atoms with E-state index in [1.54, 1.807) is 5.56 Å². The highest BCUT2D eigenvalue weighted by atomic mass is 14.9. The number of hydrogen-bond acceptors (Lipinski definition) is 1. The van der Waals surface area contributed by atoms with Crippen molar-refractivity contribution in [2.24, 2.45) is 5.92 Å². The first-order valence-electron chi connectivity index (χ1n) is 8.79. The molecule has 0 radical (unpaired) electrons. The highest BCUT2D eigenvalue weighted by Crippen LogP contribution is 2.39. The van der Waals surface area contributed by atoms with Crippen LogP contribution in [0.15, 0.2) is 0 Å². The van der Waals surface area contributed by atoms with Crippen molar-refractivity contribution in [2.45, 2.75) is 79.7 Å². The zero-order valence-corrected chi connectivity index (χ0v) is 14.9. The lowest BCUT2D eigenvalue weighted by molar-refractivity contribution is 0.273. The molecule has 1 saturated carbocycles. The second-order valence-electron chi connectivity index (χ2n) is 6.97. The topological polar surface area (TPSA) is 12.0 Å². The molecule has 1 fully saturated rings. The van der Waals surface area contributed by atoms with Crippen LogP contribution >= 0.6 is 0 Å². The minimum Gasteiger partial charge on any atom is -0.310 e. The van der Waals surface area contributed by atoms with Crippen LogP contribution in [0.1, 0.15) is 78.5 Å². The van der Waals surface area contributed by atoms with Crippen LogP contribution in [0.25, 0.3) is 0 Å². The van der Waals surface area contributed by atoms with Gasteiger partial charge in [0.2, 0.25) is 0 Å². The predicted molar refractivity (Wildman–Crippen MR) is 93.1 cm³/mol. The fraction of sp³-hybridized carbons (Fsp3) is 0.700. The molecule has 1 aromatic rings. The Hall–Kier alpha value is -0.820. The largest absolute Gasteiger partial charge is 0.310 e. The van der Waals surface area contributed by atoms with Gasteiger partial charge in [0.05, 0.1) is 0 Å². The highest BCUT2D eigenvalue weighted by Gasteiger charge is 2.28. The Labute approximate surface area is 131 Å². The second-order valence-corrected chi connectivity index (χ2v) is 6.97.